The molecule has 0 aliphatic carbocycles. The van der Waals surface area contributed by atoms with Crippen molar-refractivity contribution in [1.82, 2.24) is 15.6 Å². The van der Waals surface area contributed by atoms with Crippen LogP contribution in [0.1, 0.15) is 26.4 Å². The van der Waals surface area contributed by atoms with E-state index in [1.54, 1.807) is 24.3 Å². The number of amides is 2. The highest BCUT2D eigenvalue weighted by atomic mass is 35.5. The number of carbonyl (C=O) groups is 2. The van der Waals surface area contributed by atoms with E-state index in [0.29, 0.717) is 34.3 Å². The van der Waals surface area contributed by atoms with Crippen molar-refractivity contribution in [3.8, 4) is 0 Å². The third kappa shape index (κ3) is 4.94. The van der Waals surface area contributed by atoms with Crippen LogP contribution in [0.15, 0.2) is 36.5 Å². The van der Waals surface area contributed by atoms with E-state index >= 15 is 0 Å². The summed E-state index contributed by atoms with van der Waals surface area (Å²) in [7, 11) is 0. The van der Waals surface area contributed by atoms with Gasteiger partial charge in [0.05, 0.1) is 15.6 Å². The highest BCUT2D eigenvalue weighted by Crippen LogP contribution is 2.22. The molecule has 0 radical (unpaired) electrons. The molecular formula is C16H15Cl2N3O2. The lowest BCUT2D eigenvalue weighted by atomic mass is 10.2. The summed E-state index contributed by atoms with van der Waals surface area (Å²) in [6.07, 6.45) is 1.51. The molecule has 120 valence electrons. The molecule has 7 heteroatoms. The summed E-state index contributed by atoms with van der Waals surface area (Å²) >= 11 is 11.7. The molecule has 0 spiro atoms. The van der Waals surface area contributed by atoms with Gasteiger partial charge in [0.2, 0.25) is 0 Å². The number of carbonyl (C=O) groups excluding carboxylic acids is 2. The maximum Gasteiger partial charge on any atom is 0.252 e. The van der Waals surface area contributed by atoms with E-state index in [1.165, 1.54) is 12.3 Å². The van der Waals surface area contributed by atoms with Gasteiger partial charge >= 0.3 is 0 Å². The second-order valence-electron chi connectivity index (χ2n) is 4.83. The molecule has 0 unspecified atom stereocenters. The van der Waals surface area contributed by atoms with Crippen molar-refractivity contribution >= 4 is 35.0 Å². The number of hydrogen-bond donors (Lipinski definition) is 2. The second kappa shape index (κ2) is 7.94. The Morgan fingerprint density at radius 1 is 0.957 bits per heavy atom. The molecule has 5 nitrogen and oxygen atoms in total. The highest BCUT2D eigenvalue weighted by Gasteiger charge is 2.08. The van der Waals surface area contributed by atoms with Gasteiger partial charge in [-0.2, -0.15) is 0 Å². The Bertz CT molecular complexity index is 718. The molecule has 0 saturated carbocycles. The molecule has 1 heterocycles. The third-order valence-electron chi connectivity index (χ3n) is 3.05. The average molecular weight is 352 g/mol. The number of hydrogen-bond acceptors (Lipinski definition) is 3. The second-order valence-corrected chi connectivity index (χ2v) is 5.64. The largest absolute Gasteiger partial charge is 0.350 e. The lowest BCUT2D eigenvalue weighted by Crippen LogP contribution is -2.34. The van der Waals surface area contributed by atoms with Crippen molar-refractivity contribution in [2.45, 2.75) is 6.92 Å². The molecule has 2 N–H and O–H groups in total. The van der Waals surface area contributed by atoms with Crippen molar-refractivity contribution in [2.75, 3.05) is 13.1 Å². The van der Waals surface area contributed by atoms with Gasteiger partial charge in [-0.25, -0.2) is 0 Å². The normalized spacial score (nSPS) is 10.2. The van der Waals surface area contributed by atoms with Gasteiger partial charge in [-0.3, -0.25) is 14.6 Å². The number of nitrogens with zero attached hydrogens (tertiary/aromatic N) is 1. The summed E-state index contributed by atoms with van der Waals surface area (Å²) in [6, 6.07) is 8.10. The van der Waals surface area contributed by atoms with Crippen LogP contribution in [0.25, 0.3) is 0 Å². The minimum Gasteiger partial charge on any atom is -0.350 e. The van der Waals surface area contributed by atoms with Gasteiger partial charge in [0.1, 0.15) is 0 Å². The zero-order valence-electron chi connectivity index (χ0n) is 12.4. The van der Waals surface area contributed by atoms with E-state index in [0.717, 1.165) is 5.69 Å². The monoisotopic (exact) mass is 351 g/mol. The van der Waals surface area contributed by atoms with Crippen molar-refractivity contribution < 1.29 is 9.59 Å². The fourth-order valence-corrected chi connectivity index (χ4v) is 2.09. The molecular weight excluding hydrogens is 337 g/mol. The van der Waals surface area contributed by atoms with Gasteiger partial charge in [0.25, 0.3) is 11.8 Å². The number of aryl methyl sites for hydroxylation is 1. The smallest absolute Gasteiger partial charge is 0.252 e. The van der Waals surface area contributed by atoms with Gasteiger partial charge in [-0.05, 0) is 37.3 Å². The molecule has 1 aromatic carbocycles. The zero-order valence-corrected chi connectivity index (χ0v) is 13.9. The van der Waals surface area contributed by atoms with Crippen molar-refractivity contribution in [3.63, 3.8) is 0 Å². The molecule has 2 aromatic rings. The first-order valence-corrected chi connectivity index (χ1v) is 7.67. The van der Waals surface area contributed by atoms with Crippen LogP contribution in [0.2, 0.25) is 10.0 Å². The molecule has 2 amide bonds. The molecule has 0 aliphatic rings. The Kier molecular flexibility index (Phi) is 5.96. The Balaban J connectivity index is 1.78. The van der Waals surface area contributed by atoms with Crippen LogP contribution in [0, 0.1) is 6.92 Å². The molecule has 23 heavy (non-hydrogen) atoms. The summed E-state index contributed by atoms with van der Waals surface area (Å²) < 4.78 is 0. The summed E-state index contributed by atoms with van der Waals surface area (Å²) in [6.45, 7) is 2.45. The zero-order chi connectivity index (χ0) is 16.8. The number of pyridine rings is 1. The van der Waals surface area contributed by atoms with Crippen LogP contribution in [0.4, 0.5) is 0 Å². The van der Waals surface area contributed by atoms with Crippen molar-refractivity contribution in [2.24, 2.45) is 0 Å². The molecule has 0 aliphatic heterocycles. The Morgan fingerprint density at radius 3 is 2.13 bits per heavy atom. The van der Waals surface area contributed by atoms with Crippen LogP contribution in [0.5, 0.6) is 0 Å². The van der Waals surface area contributed by atoms with Gasteiger partial charge in [-0.1, -0.05) is 23.2 Å². The van der Waals surface area contributed by atoms with E-state index in [-0.39, 0.29) is 11.8 Å². The summed E-state index contributed by atoms with van der Waals surface area (Å²) in [5.41, 5.74) is 1.73. The van der Waals surface area contributed by atoms with Crippen LogP contribution in [0.3, 0.4) is 0 Å². The molecule has 0 fully saturated rings. The number of halogens is 2. The molecule has 2 rings (SSSR count). The first-order valence-electron chi connectivity index (χ1n) is 6.91. The fraction of sp³-hybridized carbons (Fsp3) is 0.188. The molecule has 0 atom stereocenters. The predicted octanol–water partition coefficient (Wildman–Crippen LogP) is 2.86. The molecule has 0 bridgehead atoms. The topological polar surface area (TPSA) is 71.1 Å². The summed E-state index contributed by atoms with van der Waals surface area (Å²) in [5, 5.41) is 6.11. The minimum atomic E-state index is -0.283. The van der Waals surface area contributed by atoms with E-state index in [4.69, 9.17) is 23.2 Å². The van der Waals surface area contributed by atoms with Gasteiger partial charge in [0, 0.05) is 30.5 Å². The first-order chi connectivity index (χ1) is 11.0. The van der Waals surface area contributed by atoms with Crippen LogP contribution >= 0.6 is 23.2 Å². The minimum absolute atomic E-state index is 0.235. The van der Waals surface area contributed by atoms with E-state index in [2.05, 4.69) is 15.6 Å². The van der Waals surface area contributed by atoms with E-state index < -0.39 is 0 Å². The third-order valence-corrected chi connectivity index (χ3v) is 3.79. The molecule has 1 aromatic heterocycles. The van der Waals surface area contributed by atoms with E-state index in [9.17, 15) is 9.59 Å². The fourth-order valence-electron chi connectivity index (χ4n) is 1.80. The number of benzene rings is 1. The van der Waals surface area contributed by atoms with Crippen LogP contribution in [-0.4, -0.2) is 29.9 Å². The Hall–Kier alpha value is -2.11. The Labute approximate surface area is 144 Å². The lowest BCUT2D eigenvalue weighted by molar-refractivity contribution is 0.0927. The number of nitrogens with one attached hydrogen (secondary N) is 2. The molecule has 0 saturated heterocycles. The van der Waals surface area contributed by atoms with Crippen LogP contribution < -0.4 is 10.6 Å². The van der Waals surface area contributed by atoms with E-state index in [1.807, 2.05) is 6.92 Å². The first kappa shape index (κ1) is 17.2. The lowest BCUT2D eigenvalue weighted by Gasteiger charge is -2.08. The Morgan fingerprint density at radius 2 is 1.57 bits per heavy atom. The van der Waals surface area contributed by atoms with Crippen molar-refractivity contribution in [3.05, 3.63) is 63.4 Å². The van der Waals surface area contributed by atoms with Crippen LogP contribution in [-0.2, 0) is 0 Å². The maximum absolute atomic E-state index is 11.9. The number of aromatic nitrogens is 1. The summed E-state index contributed by atoms with van der Waals surface area (Å²) in [5.74, 6) is -0.517. The number of rotatable bonds is 5. The van der Waals surface area contributed by atoms with Gasteiger partial charge in [-0.15, -0.1) is 0 Å². The van der Waals surface area contributed by atoms with Gasteiger partial charge in [0.15, 0.2) is 0 Å². The average Bonchev–Trinajstić information content (AvgIpc) is 2.54. The quantitative estimate of drug-likeness (QED) is 0.813. The standard InChI is InChI=1S/C16H15Cl2N3O2/c1-10-2-3-12(9-21-10)16(23)20-7-6-19-15(22)11-4-5-13(17)14(18)8-11/h2-5,8-9H,6-7H2,1H3,(H,19,22)(H,20,23). The highest BCUT2D eigenvalue weighted by molar-refractivity contribution is 6.42. The summed E-state index contributed by atoms with van der Waals surface area (Å²) in [4.78, 5) is 27.8. The SMILES string of the molecule is Cc1ccc(C(=O)NCCNC(=O)c2ccc(Cl)c(Cl)c2)cn1. The van der Waals surface area contributed by atoms with Gasteiger partial charge < -0.3 is 10.6 Å². The maximum atomic E-state index is 11.9. The van der Waals surface area contributed by atoms with Crippen molar-refractivity contribution in [1.29, 1.82) is 0 Å². The predicted molar refractivity (Wildman–Crippen MR) is 90.1 cm³/mol.